The van der Waals surface area contributed by atoms with Gasteiger partial charge in [-0.2, -0.15) is 9.49 Å². The van der Waals surface area contributed by atoms with E-state index >= 15 is 4.39 Å². The van der Waals surface area contributed by atoms with Crippen LogP contribution in [0.4, 0.5) is 8.78 Å². The summed E-state index contributed by atoms with van der Waals surface area (Å²) in [5.41, 5.74) is 5.08. The van der Waals surface area contributed by atoms with Crippen LogP contribution in [-0.2, 0) is 20.0 Å². The molecule has 0 saturated heterocycles. The molecule has 0 amide bonds. The lowest BCUT2D eigenvalue weighted by molar-refractivity contribution is 0.0575. The molecule has 2 N–H and O–H groups in total. The Morgan fingerprint density at radius 3 is 2.62 bits per heavy atom. The van der Waals surface area contributed by atoms with Gasteiger partial charge in [-0.15, -0.1) is 0 Å². The van der Waals surface area contributed by atoms with Crippen molar-refractivity contribution in [3.8, 4) is 16.9 Å². The summed E-state index contributed by atoms with van der Waals surface area (Å²) < 4.78 is 37.3. The highest BCUT2D eigenvalue weighted by Gasteiger charge is 2.30. The van der Waals surface area contributed by atoms with E-state index in [4.69, 9.17) is 4.74 Å². The van der Waals surface area contributed by atoms with Crippen LogP contribution >= 0.6 is 0 Å². The second kappa shape index (κ2) is 11.3. The van der Waals surface area contributed by atoms with Crippen LogP contribution in [0.15, 0.2) is 42.6 Å². The van der Waals surface area contributed by atoms with E-state index in [1.54, 1.807) is 16.9 Å². The first-order valence-electron chi connectivity index (χ1n) is 14.0. The summed E-state index contributed by atoms with van der Waals surface area (Å²) in [7, 11) is 1.83. The molecular weight excluding hydrogens is 510 g/mol. The maximum atomic E-state index is 15.2. The molecule has 0 radical (unpaired) electrons. The van der Waals surface area contributed by atoms with E-state index in [2.05, 4.69) is 15.4 Å². The van der Waals surface area contributed by atoms with E-state index in [1.165, 1.54) is 19.3 Å². The molecular formula is C32H38F2N4O2. The maximum Gasteiger partial charge on any atom is 0.201 e. The molecule has 1 atom stereocenters. The van der Waals surface area contributed by atoms with Crippen LogP contribution in [0.5, 0.6) is 5.75 Å². The van der Waals surface area contributed by atoms with Crippen LogP contribution in [0.25, 0.3) is 22.0 Å². The molecule has 2 heterocycles. The number of rotatable bonds is 9. The fourth-order valence-electron chi connectivity index (χ4n) is 5.16. The van der Waals surface area contributed by atoms with Crippen molar-refractivity contribution < 1.29 is 18.6 Å². The van der Waals surface area contributed by atoms with Crippen molar-refractivity contribution in [3.05, 3.63) is 76.7 Å². The number of fused-ring (bicyclic) bond motifs is 1. The predicted molar refractivity (Wildman–Crippen MR) is 153 cm³/mol. The Hall–Kier alpha value is -3.36. The first-order valence-corrected chi connectivity index (χ1v) is 14.0. The zero-order valence-corrected chi connectivity index (χ0v) is 23.9. The number of hydrogen-bond donors (Lipinski definition) is 2. The smallest absolute Gasteiger partial charge is 0.201 e. The molecule has 0 spiro atoms. The second-order valence-corrected chi connectivity index (χ2v) is 11.9. The summed E-state index contributed by atoms with van der Waals surface area (Å²) in [4.78, 5) is 4.50. The first kappa shape index (κ1) is 28.2. The van der Waals surface area contributed by atoms with Crippen molar-refractivity contribution in [1.82, 2.24) is 20.1 Å². The van der Waals surface area contributed by atoms with Gasteiger partial charge >= 0.3 is 0 Å². The molecule has 2 aromatic carbocycles. The van der Waals surface area contributed by atoms with Gasteiger partial charge in [0.15, 0.2) is 11.6 Å². The van der Waals surface area contributed by atoms with Gasteiger partial charge in [0, 0.05) is 54.5 Å². The zero-order chi connectivity index (χ0) is 28.6. The molecule has 4 aromatic rings. The number of nitrogens with zero attached hydrogens (tertiary/aromatic N) is 3. The lowest BCUT2D eigenvalue weighted by Gasteiger charge is -2.26. The molecule has 0 aliphatic heterocycles. The molecule has 5 rings (SSSR count). The van der Waals surface area contributed by atoms with Crippen molar-refractivity contribution >= 4 is 10.9 Å². The Morgan fingerprint density at radius 2 is 1.93 bits per heavy atom. The van der Waals surface area contributed by atoms with Crippen LogP contribution in [0.1, 0.15) is 68.7 Å². The molecule has 1 fully saturated rings. The van der Waals surface area contributed by atoms with Gasteiger partial charge in [0.25, 0.3) is 0 Å². The number of hydrogen-bond acceptors (Lipinski definition) is 5. The van der Waals surface area contributed by atoms with E-state index < -0.39 is 23.2 Å². The lowest BCUT2D eigenvalue weighted by atomic mass is 9.85. The summed E-state index contributed by atoms with van der Waals surface area (Å²) in [6, 6.07) is 11.0. The number of aryl methyl sites for hydroxylation is 1. The Morgan fingerprint density at radius 1 is 1.15 bits per heavy atom. The van der Waals surface area contributed by atoms with Crippen molar-refractivity contribution in [2.75, 3.05) is 6.61 Å². The van der Waals surface area contributed by atoms with E-state index in [-0.39, 0.29) is 12.4 Å². The number of benzene rings is 2. The molecule has 40 heavy (non-hydrogen) atoms. The van der Waals surface area contributed by atoms with Crippen molar-refractivity contribution in [3.63, 3.8) is 0 Å². The van der Waals surface area contributed by atoms with Crippen molar-refractivity contribution in [1.29, 1.82) is 0 Å². The van der Waals surface area contributed by atoms with Gasteiger partial charge in [-0.05, 0) is 66.6 Å². The van der Waals surface area contributed by atoms with Crippen molar-refractivity contribution in [2.24, 2.45) is 12.5 Å². The third-order valence-electron chi connectivity index (χ3n) is 8.05. The van der Waals surface area contributed by atoms with Crippen LogP contribution < -0.4 is 10.1 Å². The van der Waals surface area contributed by atoms with Crippen LogP contribution in [-0.4, -0.2) is 32.5 Å². The number of halogens is 2. The highest BCUT2D eigenvalue weighted by Crippen LogP contribution is 2.37. The largest absolute Gasteiger partial charge is 0.489 e. The van der Waals surface area contributed by atoms with Crippen molar-refractivity contribution in [2.45, 2.75) is 72.1 Å². The Bertz CT molecular complexity index is 1520. The summed E-state index contributed by atoms with van der Waals surface area (Å²) in [6.45, 7) is 8.59. The number of pyridine rings is 1. The minimum absolute atomic E-state index is 0.0927. The third kappa shape index (κ3) is 5.60. The normalized spacial score (nSPS) is 14.9. The summed E-state index contributed by atoms with van der Waals surface area (Å²) in [6.07, 6.45) is 5.06. The number of aliphatic hydroxyl groups is 1. The van der Waals surface area contributed by atoms with Gasteiger partial charge in [0.05, 0.1) is 17.8 Å². The van der Waals surface area contributed by atoms with E-state index in [0.717, 1.165) is 45.9 Å². The molecule has 0 bridgehead atoms. The predicted octanol–water partition coefficient (Wildman–Crippen LogP) is 6.57. The minimum atomic E-state index is -1.02. The highest BCUT2D eigenvalue weighted by molar-refractivity contribution is 5.88. The average Bonchev–Trinajstić information content (AvgIpc) is 3.17. The van der Waals surface area contributed by atoms with Gasteiger partial charge in [0.1, 0.15) is 6.10 Å². The summed E-state index contributed by atoms with van der Waals surface area (Å²) in [5, 5.41) is 20.0. The molecule has 8 heteroatoms. The zero-order valence-electron chi connectivity index (χ0n) is 23.9. The van der Waals surface area contributed by atoms with Gasteiger partial charge < -0.3 is 15.2 Å². The second-order valence-electron chi connectivity index (χ2n) is 11.9. The number of aromatic nitrogens is 3. The maximum absolute atomic E-state index is 15.2. The minimum Gasteiger partial charge on any atom is -0.489 e. The van der Waals surface area contributed by atoms with Gasteiger partial charge in [-0.25, -0.2) is 4.39 Å². The summed E-state index contributed by atoms with van der Waals surface area (Å²) in [5.74, 6) is -2.11. The van der Waals surface area contributed by atoms with Gasteiger partial charge in [-0.1, -0.05) is 33.3 Å². The molecule has 1 unspecified atom stereocenters. The first-order chi connectivity index (χ1) is 19.0. The van der Waals surface area contributed by atoms with Crippen LogP contribution in [0.2, 0.25) is 0 Å². The summed E-state index contributed by atoms with van der Waals surface area (Å²) >= 11 is 0. The standard InChI is InChI=1S/C32H38F2N4O2/c1-19-23(29(37-38(19)5)31(39)32(2,3)4)14-16-40-30-24(10-11-26(33)28(30)34)20-9-12-27-25(17-20)21(13-15-35-27)18-36-22-7-6-8-22/h9-13,15,17,22,31,36,39H,6-8,14,16,18H2,1-5H3. The lowest BCUT2D eigenvalue weighted by Crippen LogP contribution is -2.34. The molecule has 6 nitrogen and oxygen atoms in total. The molecule has 2 aromatic heterocycles. The number of nitrogens with one attached hydrogen (secondary N) is 1. The van der Waals surface area contributed by atoms with Gasteiger partial charge in [0.2, 0.25) is 5.82 Å². The molecule has 1 aliphatic carbocycles. The fraction of sp³-hybridized carbons (Fsp3) is 0.438. The average molecular weight is 549 g/mol. The molecule has 1 aliphatic rings. The van der Waals surface area contributed by atoms with Crippen LogP contribution in [0, 0.1) is 24.0 Å². The van der Waals surface area contributed by atoms with Gasteiger partial charge in [-0.3, -0.25) is 9.67 Å². The quantitative estimate of drug-likeness (QED) is 0.248. The van der Waals surface area contributed by atoms with E-state index in [9.17, 15) is 9.50 Å². The highest BCUT2D eigenvalue weighted by atomic mass is 19.2. The number of aliphatic hydroxyl groups excluding tert-OH is 1. The topological polar surface area (TPSA) is 72.2 Å². The number of ether oxygens (including phenoxy) is 1. The fourth-order valence-corrected chi connectivity index (χ4v) is 5.16. The monoisotopic (exact) mass is 548 g/mol. The SMILES string of the molecule is Cc1c(CCOc2c(-c3ccc4nccc(CNC5CCC5)c4c3)ccc(F)c2F)c(C(O)C(C)(C)C)nn1C. The Balaban J connectivity index is 1.43. The third-order valence-corrected chi connectivity index (χ3v) is 8.05. The van der Waals surface area contributed by atoms with E-state index in [1.807, 2.05) is 59.0 Å². The van der Waals surface area contributed by atoms with E-state index in [0.29, 0.717) is 23.7 Å². The van der Waals surface area contributed by atoms with Crippen LogP contribution in [0.3, 0.4) is 0 Å². The molecule has 1 saturated carbocycles. The Labute approximate surface area is 234 Å². The molecule has 212 valence electrons. The Kier molecular flexibility index (Phi) is 7.93.